The topological polar surface area (TPSA) is 17.1 Å². The Balaban J connectivity index is 2.42. The molecule has 0 N–H and O–H groups in total. The average molecular weight is 216 g/mol. The number of hydrogen-bond donors (Lipinski definition) is 1. The van der Waals surface area contributed by atoms with Gasteiger partial charge in [-0.3, -0.25) is 4.79 Å². The fourth-order valence-corrected chi connectivity index (χ4v) is 1.81. The van der Waals surface area contributed by atoms with E-state index in [1.165, 1.54) is 5.39 Å². The smallest absolute Gasteiger partial charge is 0.163 e. The molecule has 2 aromatic carbocycles. The Morgan fingerprint density at radius 2 is 1.80 bits per heavy atom. The van der Waals surface area contributed by atoms with Crippen LogP contribution in [0.3, 0.4) is 0 Å². The van der Waals surface area contributed by atoms with Crippen LogP contribution >= 0.6 is 12.6 Å². The van der Waals surface area contributed by atoms with Crippen molar-refractivity contribution < 1.29 is 4.79 Å². The molecule has 0 heterocycles. The second-order valence-electron chi connectivity index (χ2n) is 3.46. The van der Waals surface area contributed by atoms with Crippen LogP contribution in [0.25, 0.3) is 10.8 Å². The zero-order valence-corrected chi connectivity index (χ0v) is 9.21. The minimum Gasteiger partial charge on any atom is -0.294 e. The van der Waals surface area contributed by atoms with Gasteiger partial charge in [0.15, 0.2) is 5.78 Å². The Hall–Kier alpha value is -1.28. The standard InChI is InChI=1S/C13H12OS/c14-13(7-8-15)12-6-5-10-3-1-2-4-11(10)9-12/h1-6,9,15H,7-8H2. The third-order valence-corrected chi connectivity index (χ3v) is 2.63. The third-order valence-electron chi connectivity index (χ3n) is 2.41. The summed E-state index contributed by atoms with van der Waals surface area (Å²) in [6.45, 7) is 0. The molecular formula is C13H12OS. The Labute approximate surface area is 94.5 Å². The zero-order valence-electron chi connectivity index (χ0n) is 8.31. The van der Waals surface area contributed by atoms with Gasteiger partial charge >= 0.3 is 0 Å². The second-order valence-corrected chi connectivity index (χ2v) is 3.91. The number of thiol groups is 1. The maximum atomic E-state index is 11.6. The van der Waals surface area contributed by atoms with Gasteiger partial charge in [-0.15, -0.1) is 0 Å². The summed E-state index contributed by atoms with van der Waals surface area (Å²) in [4.78, 5) is 11.6. The molecule has 2 heteroatoms. The second kappa shape index (κ2) is 4.49. The molecule has 2 rings (SSSR count). The fourth-order valence-electron chi connectivity index (χ4n) is 1.61. The van der Waals surface area contributed by atoms with Gasteiger partial charge in [-0.1, -0.05) is 36.4 Å². The maximum absolute atomic E-state index is 11.6. The zero-order chi connectivity index (χ0) is 10.7. The Morgan fingerprint density at radius 3 is 2.53 bits per heavy atom. The predicted octanol–water partition coefficient (Wildman–Crippen LogP) is 3.34. The molecule has 0 spiro atoms. The summed E-state index contributed by atoms with van der Waals surface area (Å²) >= 11 is 4.06. The van der Waals surface area contributed by atoms with Crippen molar-refractivity contribution in [3.8, 4) is 0 Å². The van der Waals surface area contributed by atoms with Gasteiger partial charge in [0, 0.05) is 12.0 Å². The van der Waals surface area contributed by atoms with E-state index in [0.29, 0.717) is 12.2 Å². The lowest BCUT2D eigenvalue weighted by Gasteiger charge is -2.01. The first-order valence-corrected chi connectivity index (χ1v) is 5.57. The molecule has 0 saturated heterocycles. The third kappa shape index (κ3) is 2.21. The van der Waals surface area contributed by atoms with E-state index in [-0.39, 0.29) is 5.78 Å². The first-order chi connectivity index (χ1) is 7.31. The fraction of sp³-hybridized carbons (Fsp3) is 0.154. The molecule has 15 heavy (non-hydrogen) atoms. The molecule has 1 nitrogen and oxygen atoms in total. The summed E-state index contributed by atoms with van der Waals surface area (Å²) in [7, 11) is 0. The molecule has 0 bridgehead atoms. The summed E-state index contributed by atoms with van der Waals surface area (Å²) < 4.78 is 0. The van der Waals surface area contributed by atoms with Gasteiger partial charge in [-0.2, -0.15) is 12.6 Å². The van der Waals surface area contributed by atoms with E-state index in [4.69, 9.17) is 0 Å². The van der Waals surface area contributed by atoms with E-state index in [0.717, 1.165) is 10.9 Å². The largest absolute Gasteiger partial charge is 0.294 e. The van der Waals surface area contributed by atoms with E-state index < -0.39 is 0 Å². The molecule has 0 aliphatic heterocycles. The van der Waals surface area contributed by atoms with Crippen molar-refractivity contribution in [1.82, 2.24) is 0 Å². The molecule has 76 valence electrons. The summed E-state index contributed by atoms with van der Waals surface area (Å²) in [6.07, 6.45) is 0.501. The average Bonchev–Trinajstić information content (AvgIpc) is 2.29. The molecule has 0 aliphatic rings. The number of carbonyl (C=O) groups is 1. The van der Waals surface area contributed by atoms with Crippen LogP contribution in [0.15, 0.2) is 42.5 Å². The molecule has 0 unspecified atom stereocenters. The predicted molar refractivity (Wildman–Crippen MR) is 66.7 cm³/mol. The number of rotatable bonds is 3. The Kier molecular flexibility index (Phi) is 3.07. The molecule has 0 atom stereocenters. The van der Waals surface area contributed by atoms with Gasteiger partial charge < -0.3 is 0 Å². The Bertz CT molecular complexity index is 491. The van der Waals surface area contributed by atoms with Crippen molar-refractivity contribution in [3.63, 3.8) is 0 Å². The SMILES string of the molecule is O=C(CCS)c1ccc2ccccc2c1. The van der Waals surface area contributed by atoms with E-state index in [1.807, 2.05) is 42.5 Å². The number of fused-ring (bicyclic) bond motifs is 1. The van der Waals surface area contributed by atoms with Gasteiger partial charge in [-0.25, -0.2) is 0 Å². The van der Waals surface area contributed by atoms with Crippen LogP contribution in [0.4, 0.5) is 0 Å². The molecule has 0 saturated carbocycles. The van der Waals surface area contributed by atoms with E-state index in [9.17, 15) is 4.79 Å². The molecular weight excluding hydrogens is 204 g/mol. The van der Waals surface area contributed by atoms with E-state index in [1.54, 1.807) is 0 Å². The highest BCUT2D eigenvalue weighted by atomic mass is 32.1. The molecule has 0 radical (unpaired) electrons. The summed E-state index contributed by atoms with van der Waals surface area (Å²) in [5.74, 6) is 0.766. The van der Waals surface area contributed by atoms with Gasteiger partial charge in [0.2, 0.25) is 0 Å². The van der Waals surface area contributed by atoms with Crippen molar-refractivity contribution in [3.05, 3.63) is 48.0 Å². The summed E-state index contributed by atoms with van der Waals surface area (Å²) in [5, 5.41) is 2.28. The molecule has 0 amide bonds. The van der Waals surface area contributed by atoms with Crippen LogP contribution in [0.2, 0.25) is 0 Å². The van der Waals surface area contributed by atoms with Crippen LogP contribution in [-0.4, -0.2) is 11.5 Å². The van der Waals surface area contributed by atoms with Gasteiger partial charge in [-0.05, 0) is 22.6 Å². The van der Waals surface area contributed by atoms with Crippen molar-refractivity contribution in [2.24, 2.45) is 0 Å². The van der Waals surface area contributed by atoms with Crippen LogP contribution < -0.4 is 0 Å². The number of carbonyl (C=O) groups excluding carboxylic acids is 1. The van der Waals surface area contributed by atoms with E-state index in [2.05, 4.69) is 12.6 Å². The lowest BCUT2D eigenvalue weighted by molar-refractivity contribution is 0.0990. The molecule has 2 aromatic rings. The first-order valence-electron chi connectivity index (χ1n) is 4.94. The lowest BCUT2D eigenvalue weighted by Crippen LogP contribution is -1.99. The van der Waals surface area contributed by atoms with Crippen molar-refractivity contribution in [2.45, 2.75) is 6.42 Å². The van der Waals surface area contributed by atoms with Gasteiger partial charge in [0.05, 0.1) is 0 Å². The molecule has 0 fully saturated rings. The summed E-state index contributed by atoms with van der Waals surface area (Å²) in [5.41, 5.74) is 0.780. The quantitative estimate of drug-likeness (QED) is 0.615. The number of Topliss-reactive ketones (excluding diaryl/α,β-unsaturated/α-hetero) is 1. The van der Waals surface area contributed by atoms with Crippen molar-refractivity contribution in [2.75, 3.05) is 5.75 Å². The van der Waals surface area contributed by atoms with Crippen LogP contribution in [0, 0.1) is 0 Å². The lowest BCUT2D eigenvalue weighted by atomic mass is 10.0. The van der Waals surface area contributed by atoms with E-state index >= 15 is 0 Å². The molecule has 0 aromatic heterocycles. The molecule has 0 aliphatic carbocycles. The maximum Gasteiger partial charge on any atom is 0.163 e. The summed E-state index contributed by atoms with van der Waals surface area (Å²) in [6, 6.07) is 13.9. The first kappa shape index (κ1) is 10.2. The minimum absolute atomic E-state index is 0.163. The number of ketones is 1. The van der Waals surface area contributed by atoms with Crippen LogP contribution in [-0.2, 0) is 0 Å². The number of hydrogen-bond acceptors (Lipinski definition) is 2. The van der Waals surface area contributed by atoms with Crippen LogP contribution in [0.5, 0.6) is 0 Å². The minimum atomic E-state index is 0.163. The van der Waals surface area contributed by atoms with Gasteiger partial charge in [0.1, 0.15) is 0 Å². The monoisotopic (exact) mass is 216 g/mol. The normalized spacial score (nSPS) is 10.5. The Morgan fingerprint density at radius 1 is 1.07 bits per heavy atom. The number of benzene rings is 2. The van der Waals surface area contributed by atoms with Crippen molar-refractivity contribution in [1.29, 1.82) is 0 Å². The van der Waals surface area contributed by atoms with Crippen LogP contribution in [0.1, 0.15) is 16.8 Å². The van der Waals surface area contributed by atoms with Gasteiger partial charge in [0.25, 0.3) is 0 Å². The van der Waals surface area contributed by atoms with Crippen molar-refractivity contribution >= 4 is 29.2 Å². The highest BCUT2D eigenvalue weighted by Crippen LogP contribution is 2.16. The highest BCUT2D eigenvalue weighted by molar-refractivity contribution is 7.80. The highest BCUT2D eigenvalue weighted by Gasteiger charge is 2.04.